The zero-order chi connectivity index (χ0) is 13.8. The maximum atomic E-state index is 12.1. The molecule has 1 heterocycles. The fraction of sp³-hybridized carbons (Fsp3) is 0.333. The molecule has 7 heteroatoms. The van der Waals surface area contributed by atoms with Gasteiger partial charge in [0.25, 0.3) is 0 Å². The Kier molecular flexibility index (Phi) is 5.06. The van der Waals surface area contributed by atoms with Crippen molar-refractivity contribution in [3.8, 4) is 0 Å². The summed E-state index contributed by atoms with van der Waals surface area (Å²) in [7, 11) is -0.992. The maximum absolute atomic E-state index is 12.1. The molecule has 0 aliphatic carbocycles. The third-order valence-corrected chi connectivity index (χ3v) is 4.76. The van der Waals surface area contributed by atoms with Gasteiger partial charge < -0.3 is 4.57 Å². The molecule has 4 nitrogen and oxygen atoms in total. The van der Waals surface area contributed by atoms with Gasteiger partial charge in [-0.25, -0.2) is 0 Å². The van der Waals surface area contributed by atoms with Crippen molar-refractivity contribution in [3.05, 3.63) is 44.9 Å². The highest BCUT2D eigenvalue weighted by atomic mass is 79.9. The summed E-state index contributed by atoms with van der Waals surface area (Å²) in [5.74, 6) is 1.69. The smallest absolute Gasteiger partial charge is 0.195 e. The van der Waals surface area contributed by atoms with E-state index in [9.17, 15) is 4.21 Å². The topological polar surface area (TPSA) is 50.7 Å². The second-order valence-electron chi connectivity index (χ2n) is 4.04. The SMILES string of the molecule is CCn1c(CS(=O)Cc2ccc(Br)cc2)n[nH]c1=S. The molecule has 102 valence electrons. The molecule has 0 saturated heterocycles. The fourth-order valence-electron chi connectivity index (χ4n) is 1.75. The van der Waals surface area contributed by atoms with Gasteiger partial charge in [-0.05, 0) is 36.8 Å². The van der Waals surface area contributed by atoms with Crippen molar-refractivity contribution in [2.24, 2.45) is 0 Å². The first-order valence-corrected chi connectivity index (χ1v) is 8.52. The van der Waals surface area contributed by atoms with Crippen LogP contribution in [0.1, 0.15) is 18.3 Å². The van der Waals surface area contributed by atoms with Crippen LogP contribution in [0.4, 0.5) is 0 Å². The molecule has 0 amide bonds. The average molecular weight is 360 g/mol. The van der Waals surface area contributed by atoms with Crippen LogP contribution >= 0.6 is 28.1 Å². The molecule has 0 radical (unpaired) electrons. The largest absolute Gasteiger partial charge is 0.304 e. The van der Waals surface area contributed by atoms with Crippen LogP contribution < -0.4 is 0 Å². The van der Waals surface area contributed by atoms with Crippen molar-refractivity contribution >= 4 is 38.9 Å². The quantitative estimate of drug-likeness (QED) is 0.834. The Morgan fingerprint density at radius 3 is 2.68 bits per heavy atom. The molecule has 0 fully saturated rings. The summed E-state index contributed by atoms with van der Waals surface area (Å²) in [5.41, 5.74) is 1.05. The number of hydrogen-bond acceptors (Lipinski definition) is 3. The summed E-state index contributed by atoms with van der Waals surface area (Å²) in [4.78, 5) is 0. The van der Waals surface area contributed by atoms with Crippen molar-refractivity contribution in [2.45, 2.75) is 25.0 Å². The van der Waals surface area contributed by atoms with Crippen LogP contribution in [0, 0.1) is 4.77 Å². The lowest BCUT2D eigenvalue weighted by molar-refractivity contribution is 0.673. The molecule has 1 unspecified atom stereocenters. The van der Waals surface area contributed by atoms with E-state index in [1.807, 2.05) is 35.8 Å². The van der Waals surface area contributed by atoms with Gasteiger partial charge in [-0.2, -0.15) is 5.10 Å². The first-order chi connectivity index (χ1) is 9.10. The van der Waals surface area contributed by atoms with E-state index in [2.05, 4.69) is 26.1 Å². The summed E-state index contributed by atoms with van der Waals surface area (Å²) in [5, 5.41) is 6.87. The molecule has 0 saturated carbocycles. The van der Waals surface area contributed by atoms with Crippen LogP contribution in [0.3, 0.4) is 0 Å². The summed E-state index contributed by atoms with van der Waals surface area (Å²) in [6, 6.07) is 7.85. The fourth-order valence-corrected chi connectivity index (χ4v) is 3.47. The number of rotatable bonds is 5. The molecular formula is C12H14BrN3OS2. The summed E-state index contributed by atoms with van der Waals surface area (Å²) < 4.78 is 15.6. The minimum Gasteiger partial charge on any atom is -0.304 e. The Morgan fingerprint density at radius 2 is 2.05 bits per heavy atom. The van der Waals surface area contributed by atoms with E-state index in [-0.39, 0.29) is 0 Å². The Labute approximate surface area is 127 Å². The lowest BCUT2D eigenvalue weighted by Crippen LogP contribution is -2.07. The molecule has 1 N–H and O–H groups in total. The van der Waals surface area contributed by atoms with E-state index >= 15 is 0 Å². The number of H-pyrrole nitrogens is 1. The van der Waals surface area contributed by atoms with E-state index in [0.29, 0.717) is 16.3 Å². The Hall–Kier alpha value is -0.790. The van der Waals surface area contributed by atoms with Crippen molar-refractivity contribution in [3.63, 3.8) is 0 Å². The number of nitrogens with zero attached hydrogens (tertiary/aromatic N) is 2. The molecule has 1 aromatic heterocycles. The molecule has 2 aromatic rings. The van der Waals surface area contributed by atoms with Gasteiger partial charge in [0, 0.05) is 27.6 Å². The highest BCUT2D eigenvalue weighted by molar-refractivity contribution is 9.10. The molecule has 0 spiro atoms. The Balaban J connectivity index is 2.05. The highest BCUT2D eigenvalue weighted by Crippen LogP contribution is 2.13. The number of benzene rings is 1. The third kappa shape index (κ3) is 3.84. The molecule has 1 aromatic carbocycles. The lowest BCUT2D eigenvalue weighted by Gasteiger charge is -2.04. The predicted molar refractivity (Wildman–Crippen MR) is 82.8 cm³/mol. The minimum atomic E-state index is -0.992. The van der Waals surface area contributed by atoms with Crippen molar-refractivity contribution < 1.29 is 4.21 Å². The lowest BCUT2D eigenvalue weighted by atomic mass is 10.2. The van der Waals surface area contributed by atoms with E-state index in [1.165, 1.54) is 0 Å². The number of nitrogens with one attached hydrogen (secondary N) is 1. The third-order valence-electron chi connectivity index (χ3n) is 2.68. The molecule has 2 rings (SSSR count). The first kappa shape index (κ1) is 14.6. The van der Waals surface area contributed by atoms with Crippen molar-refractivity contribution in [1.82, 2.24) is 14.8 Å². The van der Waals surface area contributed by atoms with E-state index in [4.69, 9.17) is 12.2 Å². The van der Waals surface area contributed by atoms with Crippen molar-refractivity contribution in [2.75, 3.05) is 0 Å². The zero-order valence-corrected chi connectivity index (χ0v) is 13.6. The molecule has 0 bridgehead atoms. The van der Waals surface area contributed by atoms with Crippen LogP contribution in [-0.2, 0) is 28.9 Å². The second-order valence-corrected chi connectivity index (χ2v) is 6.80. The highest BCUT2D eigenvalue weighted by Gasteiger charge is 2.09. The van der Waals surface area contributed by atoms with Gasteiger partial charge in [-0.3, -0.25) is 9.31 Å². The van der Waals surface area contributed by atoms with Crippen LogP contribution in [-0.4, -0.2) is 19.0 Å². The molecular weight excluding hydrogens is 346 g/mol. The van der Waals surface area contributed by atoms with Gasteiger partial charge in [0.15, 0.2) is 4.77 Å². The molecule has 19 heavy (non-hydrogen) atoms. The second kappa shape index (κ2) is 6.58. The van der Waals surface area contributed by atoms with Gasteiger partial charge in [0.05, 0.1) is 5.75 Å². The monoisotopic (exact) mass is 359 g/mol. The number of aromatic amines is 1. The van der Waals surface area contributed by atoms with Gasteiger partial charge in [0.2, 0.25) is 0 Å². The average Bonchev–Trinajstić information content (AvgIpc) is 2.72. The first-order valence-electron chi connectivity index (χ1n) is 5.83. The van der Waals surface area contributed by atoms with E-state index in [1.54, 1.807) is 0 Å². The summed E-state index contributed by atoms with van der Waals surface area (Å²) in [6.07, 6.45) is 0. The minimum absolute atomic E-state index is 0.414. The maximum Gasteiger partial charge on any atom is 0.195 e. The van der Waals surface area contributed by atoms with Crippen LogP contribution in [0.15, 0.2) is 28.7 Å². The normalized spacial score (nSPS) is 12.5. The van der Waals surface area contributed by atoms with Crippen molar-refractivity contribution in [1.29, 1.82) is 0 Å². The zero-order valence-electron chi connectivity index (χ0n) is 10.4. The Morgan fingerprint density at radius 1 is 1.37 bits per heavy atom. The molecule has 0 aliphatic rings. The Bertz CT molecular complexity index is 633. The predicted octanol–water partition coefficient (Wildman–Crippen LogP) is 3.17. The van der Waals surface area contributed by atoms with Crippen LogP contribution in [0.25, 0.3) is 0 Å². The summed E-state index contributed by atoms with van der Waals surface area (Å²) >= 11 is 8.49. The van der Waals surface area contributed by atoms with Gasteiger partial charge in [0.1, 0.15) is 5.82 Å². The van der Waals surface area contributed by atoms with Gasteiger partial charge >= 0.3 is 0 Å². The van der Waals surface area contributed by atoms with E-state index in [0.717, 1.165) is 22.4 Å². The van der Waals surface area contributed by atoms with Crippen LogP contribution in [0.5, 0.6) is 0 Å². The summed E-state index contributed by atoms with van der Waals surface area (Å²) in [6.45, 7) is 2.73. The number of hydrogen-bond donors (Lipinski definition) is 1. The van der Waals surface area contributed by atoms with Gasteiger partial charge in [-0.1, -0.05) is 28.1 Å². The van der Waals surface area contributed by atoms with Crippen LogP contribution in [0.2, 0.25) is 0 Å². The molecule has 1 atom stereocenters. The number of aromatic nitrogens is 3. The number of halogens is 1. The van der Waals surface area contributed by atoms with Gasteiger partial charge in [-0.15, -0.1) is 0 Å². The standard InChI is InChI=1S/C12H14BrN3OS2/c1-2-16-11(14-15-12(16)18)8-19(17)7-9-3-5-10(13)6-4-9/h3-6H,2,7-8H2,1H3,(H,15,18). The molecule has 0 aliphatic heterocycles. The van der Waals surface area contributed by atoms with E-state index < -0.39 is 10.8 Å².